The lowest BCUT2D eigenvalue weighted by Gasteiger charge is -2.35. The molecule has 1 aromatic heterocycles. The molecule has 1 aliphatic rings. The first-order valence-electron chi connectivity index (χ1n) is 11.4. The van der Waals surface area contributed by atoms with Gasteiger partial charge in [-0.1, -0.05) is 5.16 Å². The van der Waals surface area contributed by atoms with Crippen molar-refractivity contribution in [2.45, 2.75) is 44.6 Å². The monoisotopic (exact) mass is 591 g/mol. The van der Waals surface area contributed by atoms with Gasteiger partial charge in [-0.05, 0) is 31.5 Å². The third-order valence-corrected chi connectivity index (χ3v) is 6.31. The number of carbonyl (C=O) groups is 4. The van der Waals surface area contributed by atoms with Gasteiger partial charge in [0.1, 0.15) is 24.2 Å². The number of hydrogen-bond donors (Lipinski definition) is 3. The number of β-lactam (4-membered cyclic amide) rings is 1. The molecule has 1 fully saturated rings. The van der Waals surface area contributed by atoms with Gasteiger partial charge in [0.25, 0.3) is 11.6 Å². The summed E-state index contributed by atoms with van der Waals surface area (Å²) >= 11 is 6.45. The molecule has 2 aromatic rings. The number of ether oxygens (including phenoxy) is 1. The minimum Gasteiger partial charge on any atom is -0.458 e. The Labute approximate surface area is 235 Å². The zero-order valence-corrected chi connectivity index (χ0v) is 22.6. The summed E-state index contributed by atoms with van der Waals surface area (Å²) in [6, 6.07) is 5.68. The molecular weight excluding hydrogens is 570 g/mol. The lowest BCUT2D eigenvalue weighted by molar-refractivity contribution is -0.384. The molecule has 0 radical (unpaired) electrons. The second-order valence-corrected chi connectivity index (χ2v) is 9.81. The Kier molecular flexibility index (Phi) is 9.69. The molecule has 15 nitrogen and oxygen atoms in total. The molecular formula is C23H22ClN7O8S. The van der Waals surface area contributed by atoms with Crippen molar-refractivity contribution < 1.29 is 33.7 Å². The van der Waals surface area contributed by atoms with E-state index in [9.17, 15) is 29.3 Å². The average molecular weight is 592 g/mol. The summed E-state index contributed by atoms with van der Waals surface area (Å²) in [5, 5.41) is 32.4. The summed E-state index contributed by atoms with van der Waals surface area (Å²) in [5.41, 5.74) is -1.81. The van der Waals surface area contributed by atoms with Crippen LogP contribution in [-0.4, -0.2) is 62.9 Å². The molecule has 0 saturated carbocycles. The first-order valence-corrected chi connectivity index (χ1v) is 12.8. The summed E-state index contributed by atoms with van der Waals surface area (Å²) in [6.45, 7) is 2.45. The minimum absolute atomic E-state index is 0.0426. The largest absolute Gasteiger partial charge is 0.458 e. The van der Waals surface area contributed by atoms with Crippen LogP contribution >= 0.6 is 22.9 Å². The van der Waals surface area contributed by atoms with Gasteiger partial charge >= 0.3 is 5.97 Å². The van der Waals surface area contributed by atoms with E-state index in [2.05, 4.69) is 26.1 Å². The summed E-state index contributed by atoms with van der Waals surface area (Å²) in [5.74, 6) is -3.12. The number of amides is 3. The lowest BCUT2D eigenvalue weighted by Crippen LogP contribution is -2.69. The van der Waals surface area contributed by atoms with Crippen molar-refractivity contribution in [1.82, 2.24) is 15.6 Å². The van der Waals surface area contributed by atoms with E-state index >= 15 is 0 Å². The number of nitrogens with zero attached hydrogens (tertiary/aromatic N) is 4. The first-order chi connectivity index (χ1) is 18.9. The number of anilines is 1. The zero-order chi connectivity index (χ0) is 29.4. The molecule has 0 spiro atoms. The normalized spacial score (nSPS) is 16.6. The first kappa shape index (κ1) is 29.9. The van der Waals surface area contributed by atoms with Gasteiger partial charge in [0.05, 0.1) is 23.5 Å². The van der Waals surface area contributed by atoms with Crippen LogP contribution in [0.1, 0.15) is 31.5 Å². The number of thiazole rings is 1. The maximum absolute atomic E-state index is 13.1. The highest BCUT2D eigenvalue weighted by Crippen LogP contribution is 2.20. The van der Waals surface area contributed by atoms with Crippen LogP contribution in [0.4, 0.5) is 10.8 Å². The van der Waals surface area contributed by atoms with Gasteiger partial charge in [-0.3, -0.25) is 24.5 Å². The van der Waals surface area contributed by atoms with Gasteiger partial charge in [-0.15, -0.1) is 22.9 Å². The molecule has 40 heavy (non-hydrogen) atoms. The molecule has 1 aromatic carbocycles. The van der Waals surface area contributed by atoms with Crippen molar-refractivity contribution in [2.75, 3.05) is 11.2 Å². The lowest BCUT2D eigenvalue weighted by atomic mass is 9.96. The highest BCUT2D eigenvalue weighted by Gasteiger charge is 2.41. The van der Waals surface area contributed by atoms with Crippen LogP contribution in [-0.2, 0) is 35.4 Å². The standard InChI is InChI=1S/C23H22ClN7O8S/c1-23(2,21(35)38-10-12-3-5-13(6-4-12)31(36)37)39-30-18(15-11-40-22(27-15)28-16(32)9-24)20(34)29-17-14(7-8-25)26-19(17)33/h3-6,11,14,17H,7,9-10H2,1-2H3,(H,26,33)(H,29,34)(H,27,28,32)/b30-18-/t14-,17+/m0/s1. The molecule has 3 rings (SSSR count). The molecule has 0 bridgehead atoms. The number of esters is 1. The number of hydrogen-bond acceptors (Lipinski definition) is 12. The fourth-order valence-electron chi connectivity index (χ4n) is 3.12. The number of alkyl halides is 1. The molecule has 0 unspecified atom stereocenters. The van der Waals surface area contributed by atoms with Gasteiger partial charge in [0.2, 0.25) is 17.4 Å². The third kappa shape index (κ3) is 7.48. The number of nitrogens with one attached hydrogen (secondary N) is 3. The van der Waals surface area contributed by atoms with Crippen LogP contribution in [0.15, 0.2) is 34.8 Å². The molecule has 1 aliphatic heterocycles. The molecule has 2 atom stereocenters. The van der Waals surface area contributed by atoms with Crippen LogP contribution in [0, 0.1) is 21.4 Å². The smallest absolute Gasteiger partial charge is 0.353 e. The van der Waals surface area contributed by atoms with E-state index in [1.807, 2.05) is 6.07 Å². The van der Waals surface area contributed by atoms with E-state index in [1.54, 1.807) is 0 Å². The van der Waals surface area contributed by atoms with E-state index in [4.69, 9.17) is 26.4 Å². The molecule has 210 valence electrons. The zero-order valence-electron chi connectivity index (χ0n) is 21.0. The molecule has 0 aliphatic carbocycles. The van der Waals surface area contributed by atoms with Crippen LogP contribution in [0.3, 0.4) is 0 Å². The maximum Gasteiger partial charge on any atom is 0.353 e. The summed E-state index contributed by atoms with van der Waals surface area (Å²) < 4.78 is 5.24. The maximum atomic E-state index is 13.1. The van der Waals surface area contributed by atoms with Crippen LogP contribution in [0.2, 0.25) is 0 Å². The van der Waals surface area contributed by atoms with E-state index in [-0.39, 0.29) is 35.4 Å². The predicted molar refractivity (Wildman–Crippen MR) is 140 cm³/mol. The predicted octanol–water partition coefficient (Wildman–Crippen LogP) is 1.37. The van der Waals surface area contributed by atoms with Crippen molar-refractivity contribution in [3.63, 3.8) is 0 Å². The number of benzene rings is 1. The molecule has 3 amide bonds. The van der Waals surface area contributed by atoms with Gasteiger partial charge in [0.15, 0.2) is 10.8 Å². The quantitative estimate of drug-likeness (QED) is 0.0804. The number of halogens is 1. The Bertz CT molecular complexity index is 1390. The topological polar surface area (TPSA) is 215 Å². The molecule has 1 saturated heterocycles. The van der Waals surface area contributed by atoms with Crippen LogP contribution in [0.5, 0.6) is 0 Å². The van der Waals surface area contributed by atoms with Crippen molar-refractivity contribution in [2.24, 2.45) is 5.16 Å². The Morgan fingerprint density at radius 3 is 2.62 bits per heavy atom. The SMILES string of the molecule is CC(C)(O/N=C(\C(=O)N[C@H]1C(=O)N[C@H]1CC#N)c1csc(NC(=O)CCl)n1)C(=O)OCc1ccc([N+](=O)[O-])cc1. The number of non-ortho nitro benzene ring substituents is 1. The third-order valence-electron chi connectivity index (χ3n) is 5.31. The van der Waals surface area contributed by atoms with Gasteiger partial charge < -0.3 is 25.5 Å². The fraction of sp³-hybridized carbons (Fsp3) is 0.348. The van der Waals surface area contributed by atoms with E-state index < -0.39 is 52.0 Å². The summed E-state index contributed by atoms with van der Waals surface area (Å²) in [4.78, 5) is 69.1. The Balaban J connectivity index is 1.76. The number of carbonyl (C=O) groups excluding carboxylic acids is 4. The van der Waals surface area contributed by atoms with Crippen molar-refractivity contribution >= 4 is 63.2 Å². The van der Waals surface area contributed by atoms with E-state index in [0.717, 1.165) is 11.3 Å². The minimum atomic E-state index is -1.71. The number of rotatable bonds is 12. The fourth-order valence-corrected chi connectivity index (χ4v) is 3.89. The summed E-state index contributed by atoms with van der Waals surface area (Å²) in [6.07, 6.45) is -0.0431. The van der Waals surface area contributed by atoms with Crippen LogP contribution < -0.4 is 16.0 Å². The van der Waals surface area contributed by atoms with E-state index in [1.165, 1.54) is 43.5 Å². The van der Waals surface area contributed by atoms with Crippen molar-refractivity contribution in [3.8, 4) is 6.07 Å². The Morgan fingerprint density at radius 1 is 1.32 bits per heavy atom. The summed E-state index contributed by atoms with van der Waals surface area (Å²) in [7, 11) is 0. The number of nitro benzene ring substituents is 1. The molecule has 2 heterocycles. The highest BCUT2D eigenvalue weighted by molar-refractivity contribution is 7.14. The van der Waals surface area contributed by atoms with E-state index in [0.29, 0.717) is 5.56 Å². The average Bonchev–Trinajstić information content (AvgIpc) is 3.38. The van der Waals surface area contributed by atoms with Gasteiger partial charge in [-0.2, -0.15) is 5.26 Å². The molecule has 17 heteroatoms. The molecule has 3 N–H and O–H groups in total. The Hall–Kier alpha value is -4.62. The van der Waals surface area contributed by atoms with Crippen molar-refractivity contribution in [3.05, 3.63) is 51.0 Å². The van der Waals surface area contributed by atoms with Crippen molar-refractivity contribution in [1.29, 1.82) is 5.26 Å². The number of nitriles is 1. The number of oxime groups is 1. The van der Waals surface area contributed by atoms with Crippen LogP contribution in [0.25, 0.3) is 0 Å². The number of aromatic nitrogens is 1. The Morgan fingerprint density at radius 2 is 2.02 bits per heavy atom. The number of nitro groups is 1. The second-order valence-electron chi connectivity index (χ2n) is 8.69. The second kappa shape index (κ2) is 13.0. The highest BCUT2D eigenvalue weighted by atomic mass is 35.5. The van der Waals surface area contributed by atoms with Gasteiger partial charge in [-0.25, -0.2) is 9.78 Å². The van der Waals surface area contributed by atoms with Gasteiger partial charge in [0, 0.05) is 17.5 Å².